The number of aromatic nitrogens is 6. The van der Waals surface area contributed by atoms with E-state index in [1.54, 1.807) is 49.4 Å². The number of aromatic hydroxyl groups is 2. The standard InChI is InChI=1S/C54H45Cl2N15O14S4/c1-27-21-31-25-40(87(77,78)79)44(69-67-37-14-12-30-8-4-6-10-35(30)48(37)89(83,84)85)46(73)41(31)38(22-27)58-52-61-49(55)60-51(64-52)57-15-16-70-17-19-71(20-18-70)54-63-50(56)62-53(65-54)59-39-26-33(86(74,75)76)24-32-23-28(2)43(45(72)42(32)39)68-66-36-13-11-29-7-3-5-9-34(29)47(36)88(80,81)82/h3-14,21-26,72-73H,15-20H2,1-2H3,(H,74,75,76)(H,77,78,79)(H,80,81,82)(H,83,84,85)(H,59,62,63,65)(H2,57,58,60,61,64). The van der Waals surface area contributed by atoms with E-state index < -0.39 is 82.9 Å². The van der Waals surface area contributed by atoms with Crippen molar-refractivity contribution < 1.29 is 62.1 Å². The van der Waals surface area contributed by atoms with Gasteiger partial charge in [-0.15, -0.1) is 20.5 Å². The summed E-state index contributed by atoms with van der Waals surface area (Å²) in [5.74, 6) is -1.50. The molecular weight excluding hydrogens is 1280 g/mol. The maximum Gasteiger partial charge on any atom is 0.297 e. The maximum absolute atomic E-state index is 12.8. The molecule has 0 radical (unpaired) electrons. The van der Waals surface area contributed by atoms with Gasteiger partial charge in [-0.3, -0.25) is 23.1 Å². The van der Waals surface area contributed by atoms with Crippen molar-refractivity contribution in [3.8, 4) is 11.5 Å². The first-order chi connectivity index (χ1) is 42.1. The lowest BCUT2D eigenvalue weighted by Gasteiger charge is -2.34. The number of azo groups is 2. The zero-order valence-corrected chi connectivity index (χ0v) is 50.6. The summed E-state index contributed by atoms with van der Waals surface area (Å²) in [7, 11) is -19.7. The quantitative estimate of drug-likeness (QED) is 0.0302. The number of nitrogens with zero attached hydrogens (tertiary/aromatic N) is 12. The van der Waals surface area contributed by atoms with Crippen molar-refractivity contribution in [1.82, 2.24) is 34.8 Å². The molecule has 9 N–H and O–H groups in total. The molecule has 0 aliphatic carbocycles. The van der Waals surface area contributed by atoms with Gasteiger partial charge >= 0.3 is 0 Å². The number of rotatable bonds is 17. The van der Waals surface area contributed by atoms with Crippen LogP contribution in [0.3, 0.4) is 0 Å². The second kappa shape index (κ2) is 23.8. The van der Waals surface area contributed by atoms with Crippen molar-refractivity contribution in [2.75, 3.05) is 60.1 Å². The van der Waals surface area contributed by atoms with E-state index in [1.807, 2.05) is 4.90 Å². The van der Waals surface area contributed by atoms with Crippen molar-refractivity contribution in [2.45, 2.75) is 33.4 Å². The van der Waals surface area contributed by atoms with Gasteiger partial charge in [0.2, 0.25) is 34.4 Å². The van der Waals surface area contributed by atoms with Gasteiger partial charge in [0.15, 0.2) is 11.5 Å². The van der Waals surface area contributed by atoms with Gasteiger partial charge in [-0.1, -0.05) is 66.7 Å². The average molecular weight is 1330 g/mol. The van der Waals surface area contributed by atoms with Crippen LogP contribution in [0, 0.1) is 13.8 Å². The molecule has 1 saturated heterocycles. The summed E-state index contributed by atoms with van der Waals surface area (Å²) < 4.78 is 142. The molecule has 0 spiro atoms. The molecule has 1 aliphatic heterocycles. The molecule has 29 nitrogen and oxygen atoms in total. The molecule has 3 heterocycles. The molecule has 10 aromatic rings. The molecule has 458 valence electrons. The Labute approximate surface area is 514 Å². The number of fused-ring (bicyclic) bond motifs is 4. The van der Waals surface area contributed by atoms with Gasteiger partial charge in [-0.05, 0) is 112 Å². The molecule has 1 aliphatic rings. The van der Waals surface area contributed by atoms with Crippen LogP contribution < -0.4 is 20.9 Å². The fourth-order valence-corrected chi connectivity index (χ4v) is 13.3. The SMILES string of the molecule is Cc1cc(Nc2nc(Cl)nc(NCCN3CCN(c4nc(Cl)nc(Nc5cc(S(=O)(=O)O)cc6cc(C)c(N=Nc7ccc8ccccc8c7S(=O)(=O)O)c(O)c56)n4)CC3)n2)c2c(O)c(N=Nc3ccc4ccccc4c3S(=O)(=O)O)c(S(=O)(=O)O)cc2c1. The first kappa shape index (κ1) is 61.6. The number of phenolic OH excluding ortho intramolecular Hbond substituents is 2. The van der Waals surface area contributed by atoms with E-state index in [4.69, 9.17) is 23.2 Å². The second-order valence-electron chi connectivity index (χ2n) is 20.0. The topological polar surface area (TPSA) is 427 Å². The highest BCUT2D eigenvalue weighted by Gasteiger charge is 2.28. The van der Waals surface area contributed by atoms with Gasteiger partial charge in [0, 0.05) is 60.8 Å². The molecular formula is C54H45Cl2N15O14S4. The molecule has 0 bridgehead atoms. The minimum absolute atomic E-state index is 0.0341. The summed E-state index contributed by atoms with van der Waals surface area (Å²) in [6.45, 7) is 5.63. The Bertz CT molecular complexity index is 5150. The number of nitrogens with one attached hydrogen (secondary N) is 3. The van der Waals surface area contributed by atoms with Gasteiger partial charge < -0.3 is 31.1 Å². The first-order valence-corrected chi connectivity index (χ1v) is 32.5. The lowest BCUT2D eigenvalue weighted by Crippen LogP contribution is -2.48. The number of hydrogen-bond acceptors (Lipinski definition) is 25. The fourth-order valence-electron chi connectivity index (χ4n) is 10.2. The third-order valence-electron chi connectivity index (χ3n) is 14.0. The molecule has 35 heteroatoms. The van der Waals surface area contributed by atoms with Crippen LogP contribution in [0.5, 0.6) is 11.5 Å². The van der Waals surface area contributed by atoms with Crippen molar-refractivity contribution in [1.29, 1.82) is 0 Å². The second-order valence-corrected chi connectivity index (χ2v) is 26.2. The highest BCUT2D eigenvalue weighted by Crippen LogP contribution is 2.47. The number of anilines is 6. The minimum Gasteiger partial charge on any atom is -0.505 e. The third kappa shape index (κ3) is 13.1. The monoisotopic (exact) mass is 1330 g/mol. The Balaban J connectivity index is 0.791. The predicted molar refractivity (Wildman–Crippen MR) is 330 cm³/mol. The van der Waals surface area contributed by atoms with Crippen LogP contribution in [0.15, 0.2) is 149 Å². The van der Waals surface area contributed by atoms with E-state index in [0.29, 0.717) is 49.1 Å². The van der Waals surface area contributed by atoms with Gasteiger partial charge in [0.25, 0.3) is 40.5 Å². The Morgan fingerprint density at radius 2 is 1.03 bits per heavy atom. The molecule has 0 unspecified atom stereocenters. The fraction of sp³-hybridized carbons (Fsp3) is 0.148. The Kier molecular flexibility index (Phi) is 16.5. The number of aryl methyl sites for hydroxylation is 2. The van der Waals surface area contributed by atoms with E-state index in [9.17, 15) is 62.1 Å². The van der Waals surface area contributed by atoms with Crippen LogP contribution in [0.25, 0.3) is 43.1 Å². The van der Waals surface area contributed by atoms with Crippen LogP contribution in [0.2, 0.25) is 10.6 Å². The van der Waals surface area contributed by atoms with E-state index in [2.05, 4.69) is 71.2 Å². The molecule has 8 aromatic carbocycles. The summed E-state index contributed by atoms with van der Waals surface area (Å²) in [6, 6.07) is 25.9. The van der Waals surface area contributed by atoms with Crippen molar-refractivity contribution in [3.63, 3.8) is 0 Å². The van der Waals surface area contributed by atoms with Crippen LogP contribution in [-0.4, -0.2) is 136 Å². The number of benzene rings is 8. The predicted octanol–water partition coefficient (Wildman–Crippen LogP) is 10.5. The smallest absolute Gasteiger partial charge is 0.297 e. The third-order valence-corrected chi connectivity index (χ3v) is 18.0. The van der Waals surface area contributed by atoms with Crippen LogP contribution in [0.4, 0.5) is 57.9 Å². The van der Waals surface area contributed by atoms with Crippen LogP contribution in [0.1, 0.15) is 11.1 Å². The number of phenols is 2. The van der Waals surface area contributed by atoms with Gasteiger partial charge in [0.05, 0.1) is 16.3 Å². The van der Waals surface area contributed by atoms with Gasteiger partial charge in [-0.2, -0.15) is 63.6 Å². The lowest BCUT2D eigenvalue weighted by molar-refractivity contribution is 0.266. The number of piperazine rings is 1. The van der Waals surface area contributed by atoms with Crippen molar-refractivity contribution >= 4 is 165 Å². The Morgan fingerprint density at radius 3 is 1.61 bits per heavy atom. The molecule has 0 saturated carbocycles. The number of halogens is 2. The summed E-state index contributed by atoms with van der Waals surface area (Å²) in [6.07, 6.45) is 0. The van der Waals surface area contributed by atoms with Crippen LogP contribution >= 0.6 is 23.2 Å². The lowest BCUT2D eigenvalue weighted by atomic mass is 10.0. The first-order valence-electron chi connectivity index (χ1n) is 26.0. The van der Waals surface area contributed by atoms with Gasteiger partial charge in [-0.25, -0.2) is 0 Å². The molecule has 0 amide bonds. The summed E-state index contributed by atoms with van der Waals surface area (Å²) >= 11 is 12.8. The van der Waals surface area contributed by atoms with Crippen molar-refractivity contribution in [2.24, 2.45) is 20.5 Å². The average Bonchev–Trinajstić information content (AvgIpc) is 0.850. The van der Waals surface area contributed by atoms with E-state index in [0.717, 1.165) is 18.2 Å². The highest BCUT2D eigenvalue weighted by atomic mass is 35.5. The zero-order valence-electron chi connectivity index (χ0n) is 45.8. The largest absolute Gasteiger partial charge is 0.505 e. The summed E-state index contributed by atoms with van der Waals surface area (Å²) in [5.41, 5.74) is -0.801. The number of hydrogen-bond donors (Lipinski definition) is 9. The summed E-state index contributed by atoms with van der Waals surface area (Å²) in [4.78, 5) is 27.2. The highest BCUT2D eigenvalue weighted by molar-refractivity contribution is 7.87. The molecule has 89 heavy (non-hydrogen) atoms. The Hall–Kier alpha value is -9.00. The van der Waals surface area contributed by atoms with E-state index in [1.165, 1.54) is 55.5 Å². The molecule has 11 rings (SSSR count). The normalized spacial score (nSPS) is 13.8. The molecule has 1 fully saturated rings. The molecule has 0 atom stereocenters. The minimum atomic E-state index is -5.12. The Morgan fingerprint density at radius 1 is 0.517 bits per heavy atom. The van der Waals surface area contributed by atoms with E-state index in [-0.39, 0.29) is 102 Å². The van der Waals surface area contributed by atoms with Gasteiger partial charge in [0.1, 0.15) is 37.4 Å². The van der Waals surface area contributed by atoms with E-state index >= 15 is 0 Å². The van der Waals surface area contributed by atoms with Crippen molar-refractivity contribution in [3.05, 3.63) is 131 Å². The maximum atomic E-state index is 12.8. The zero-order chi connectivity index (χ0) is 63.5. The molecule has 2 aromatic heterocycles. The summed E-state index contributed by atoms with van der Waals surface area (Å²) in [5, 5.41) is 49.5. The van der Waals surface area contributed by atoms with Crippen LogP contribution in [-0.2, 0) is 40.5 Å².